The van der Waals surface area contributed by atoms with Gasteiger partial charge < -0.3 is 20.0 Å². The second-order valence-electron chi connectivity index (χ2n) is 9.20. The first kappa shape index (κ1) is 27.5. The number of guanidine groups is 1. The van der Waals surface area contributed by atoms with Crippen LogP contribution in [0.4, 0.5) is 18.9 Å². The number of rotatable bonds is 6. The van der Waals surface area contributed by atoms with Crippen molar-refractivity contribution in [3.63, 3.8) is 0 Å². The van der Waals surface area contributed by atoms with Gasteiger partial charge in [0.15, 0.2) is 6.19 Å². The molecule has 2 aromatic carbocycles. The van der Waals surface area contributed by atoms with E-state index in [4.69, 9.17) is 4.42 Å². The van der Waals surface area contributed by atoms with Crippen LogP contribution in [0.1, 0.15) is 36.1 Å². The Hall–Kier alpha value is -4.53. The van der Waals surface area contributed by atoms with Crippen molar-refractivity contribution in [2.75, 3.05) is 18.4 Å². The van der Waals surface area contributed by atoms with Crippen molar-refractivity contribution in [1.82, 2.24) is 15.5 Å². The van der Waals surface area contributed by atoms with Crippen molar-refractivity contribution in [1.29, 1.82) is 5.26 Å². The molecule has 3 N–H and O–H groups in total. The number of nitrogens with zero attached hydrogens (tertiary/aromatic N) is 3. The van der Waals surface area contributed by atoms with Crippen LogP contribution in [0.25, 0.3) is 11.0 Å². The Morgan fingerprint density at radius 2 is 2.03 bits per heavy atom. The average molecular weight is 541 g/mol. The molecule has 3 aromatic rings. The maximum atomic E-state index is 13.2. The Kier molecular flexibility index (Phi) is 8.39. The van der Waals surface area contributed by atoms with Gasteiger partial charge in [0.1, 0.15) is 17.4 Å². The number of halogens is 3. The van der Waals surface area contributed by atoms with Crippen molar-refractivity contribution in [2.24, 2.45) is 4.99 Å². The third-order valence-corrected chi connectivity index (χ3v) is 6.19. The summed E-state index contributed by atoms with van der Waals surface area (Å²) in [4.78, 5) is 31.6. The summed E-state index contributed by atoms with van der Waals surface area (Å²) in [5.41, 5.74) is 0.847. The number of aliphatic imine (C=N–C) groups is 1. The third-order valence-electron chi connectivity index (χ3n) is 6.19. The minimum Gasteiger partial charge on any atom is -0.461 e. The van der Waals surface area contributed by atoms with Crippen LogP contribution < -0.4 is 16.0 Å². The van der Waals surface area contributed by atoms with Gasteiger partial charge in [-0.1, -0.05) is 12.1 Å². The van der Waals surface area contributed by atoms with Gasteiger partial charge in [-0.3, -0.25) is 14.9 Å². The van der Waals surface area contributed by atoms with E-state index < -0.39 is 23.7 Å². The number of carbonyl (C=O) groups excluding carboxylic acids is 2. The topological polar surface area (TPSA) is 123 Å². The highest BCUT2D eigenvalue weighted by atomic mass is 19.4. The fraction of sp³-hybridized carbons (Fsp3) is 0.333. The summed E-state index contributed by atoms with van der Waals surface area (Å²) in [6.45, 7) is 1.82. The number of hydrogen-bond acceptors (Lipinski definition) is 5. The summed E-state index contributed by atoms with van der Waals surface area (Å²) in [6, 6.07) is 11.1. The van der Waals surface area contributed by atoms with Gasteiger partial charge in [-0.2, -0.15) is 18.4 Å². The predicted molar refractivity (Wildman–Crippen MR) is 138 cm³/mol. The molecule has 2 amide bonds. The molecule has 12 heteroatoms. The number of furan rings is 1. The number of fused-ring (bicyclic) bond motifs is 1. The van der Waals surface area contributed by atoms with Gasteiger partial charge in [-0.05, 0) is 68.1 Å². The molecule has 2 heterocycles. The highest BCUT2D eigenvalue weighted by Crippen LogP contribution is 2.29. The Morgan fingerprint density at radius 3 is 2.79 bits per heavy atom. The first-order chi connectivity index (χ1) is 18.6. The lowest BCUT2D eigenvalue weighted by Crippen LogP contribution is -2.44. The van der Waals surface area contributed by atoms with Crippen LogP contribution in [0, 0.1) is 18.4 Å². The normalized spacial score (nSPS) is 16.5. The number of benzene rings is 2. The van der Waals surface area contributed by atoms with Crippen molar-refractivity contribution in [2.45, 2.75) is 44.9 Å². The van der Waals surface area contributed by atoms with E-state index in [1.807, 2.05) is 25.2 Å². The monoisotopic (exact) mass is 540 g/mol. The van der Waals surface area contributed by atoms with Crippen LogP contribution in [-0.4, -0.2) is 41.8 Å². The summed E-state index contributed by atoms with van der Waals surface area (Å²) < 4.78 is 44.4. The van der Waals surface area contributed by atoms with E-state index in [9.17, 15) is 28.0 Å². The highest BCUT2D eigenvalue weighted by Gasteiger charge is 2.31. The fourth-order valence-electron chi connectivity index (χ4n) is 4.34. The summed E-state index contributed by atoms with van der Waals surface area (Å²) in [6.07, 6.45) is -0.893. The Bertz CT molecular complexity index is 1430. The van der Waals surface area contributed by atoms with E-state index in [1.165, 1.54) is 17.0 Å². The molecule has 0 aliphatic carbocycles. The fourth-order valence-corrected chi connectivity index (χ4v) is 4.34. The van der Waals surface area contributed by atoms with Crippen LogP contribution in [0.3, 0.4) is 0 Å². The molecular weight excluding hydrogens is 513 g/mol. The van der Waals surface area contributed by atoms with Gasteiger partial charge in [-0.15, -0.1) is 0 Å². The van der Waals surface area contributed by atoms with E-state index in [2.05, 4.69) is 20.9 Å². The van der Waals surface area contributed by atoms with E-state index >= 15 is 0 Å². The molecule has 1 aliphatic rings. The summed E-state index contributed by atoms with van der Waals surface area (Å²) >= 11 is 0. The highest BCUT2D eigenvalue weighted by molar-refractivity contribution is 5.98. The zero-order chi connectivity index (χ0) is 28.0. The molecule has 9 nitrogen and oxygen atoms in total. The Balaban J connectivity index is 1.41. The molecule has 0 radical (unpaired) electrons. The second kappa shape index (κ2) is 11.9. The zero-order valence-corrected chi connectivity index (χ0v) is 21.1. The minimum absolute atomic E-state index is 0.0891. The standard InChI is InChI=1S/C27H27F3N6O3/c1-17-11-19-13-21(8-9-23(19)39-17)34-26(33-16-31)35-22-7-2-3-10-36(25(22)38)15-24(37)32-14-18-5-4-6-20(12-18)27(28,29)30/h4-6,8-9,11-13,22H,2-3,7,10,14-15H2,1H3,(H,32,37)(H2,33,34,35)/t22-/m0/s1. The summed E-state index contributed by atoms with van der Waals surface area (Å²) in [5.74, 6) is -0.0234. The zero-order valence-electron chi connectivity index (χ0n) is 21.1. The Morgan fingerprint density at radius 1 is 1.21 bits per heavy atom. The molecule has 1 fully saturated rings. The van der Waals surface area contributed by atoms with Crippen molar-refractivity contribution in [3.05, 3.63) is 65.4 Å². The van der Waals surface area contributed by atoms with Crippen LogP contribution in [0.2, 0.25) is 0 Å². The summed E-state index contributed by atoms with van der Waals surface area (Å²) in [5, 5.41) is 18.2. The maximum absolute atomic E-state index is 13.2. The summed E-state index contributed by atoms with van der Waals surface area (Å²) in [7, 11) is 0. The van der Waals surface area contributed by atoms with Gasteiger partial charge in [0.25, 0.3) is 0 Å². The third kappa shape index (κ3) is 7.28. The van der Waals surface area contributed by atoms with Crippen molar-refractivity contribution >= 4 is 34.4 Å². The average Bonchev–Trinajstić information content (AvgIpc) is 3.18. The number of anilines is 1. The van der Waals surface area contributed by atoms with Crippen molar-refractivity contribution in [3.8, 4) is 6.19 Å². The molecule has 1 aliphatic heterocycles. The number of likely N-dealkylation sites (tertiary alicyclic amines) is 1. The molecule has 1 atom stereocenters. The van der Waals surface area contributed by atoms with Gasteiger partial charge in [-0.25, -0.2) is 4.99 Å². The molecule has 0 saturated carbocycles. The first-order valence-electron chi connectivity index (χ1n) is 12.3. The molecule has 4 rings (SSSR count). The molecule has 0 bridgehead atoms. The number of carbonyl (C=O) groups is 2. The van der Waals surface area contributed by atoms with E-state index in [-0.39, 0.29) is 25.0 Å². The molecule has 204 valence electrons. The lowest BCUT2D eigenvalue weighted by atomic mass is 10.1. The van der Waals surface area contributed by atoms with Crippen LogP contribution in [0.15, 0.2) is 57.9 Å². The Labute approximate surface area is 222 Å². The van der Waals surface area contributed by atoms with Gasteiger partial charge in [0.2, 0.25) is 17.8 Å². The molecule has 1 aromatic heterocycles. The van der Waals surface area contributed by atoms with Gasteiger partial charge in [0.05, 0.1) is 12.1 Å². The molecule has 0 unspecified atom stereocenters. The van der Waals surface area contributed by atoms with Crippen LogP contribution >= 0.6 is 0 Å². The lowest BCUT2D eigenvalue weighted by Gasteiger charge is -2.22. The van der Waals surface area contributed by atoms with Crippen molar-refractivity contribution < 1.29 is 27.2 Å². The lowest BCUT2D eigenvalue weighted by molar-refractivity contribution is -0.137. The molecular formula is C27H27F3N6O3. The van der Waals surface area contributed by atoms with Gasteiger partial charge in [0, 0.05) is 24.2 Å². The number of nitrogens with one attached hydrogen (secondary N) is 3. The van der Waals surface area contributed by atoms with E-state index in [1.54, 1.807) is 12.1 Å². The SMILES string of the molecule is Cc1cc2cc(NC(=N[C@H]3CCCCN(CC(=O)NCc4cccc(C(F)(F)F)c4)C3=O)NC#N)ccc2o1. The number of hydrogen-bond donors (Lipinski definition) is 3. The van der Waals surface area contributed by atoms with E-state index in [0.29, 0.717) is 42.6 Å². The maximum Gasteiger partial charge on any atom is 0.416 e. The number of aryl methyl sites for hydroxylation is 1. The molecule has 1 saturated heterocycles. The molecule has 39 heavy (non-hydrogen) atoms. The smallest absolute Gasteiger partial charge is 0.416 e. The first-order valence-corrected chi connectivity index (χ1v) is 12.3. The molecule has 0 spiro atoms. The predicted octanol–water partition coefficient (Wildman–Crippen LogP) is 4.30. The van der Waals surface area contributed by atoms with Gasteiger partial charge >= 0.3 is 6.18 Å². The largest absolute Gasteiger partial charge is 0.461 e. The minimum atomic E-state index is -4.48. The number of amides is 2. The van der Waals surface area contributed by atoms with E-state index in [0.717, 1.165) is 23.3 Å². The number of nitriles is 1. The quantitative estimate of drug-likeness (QED) is 0.186. The van der Waals surface area contributed by atoms with Crippen LogP contribution in [-0.2, 0) is 22.3 Å². The second-order valence-corrected chi connectivity index (χ2v) is 9.20. The number of alkyl halides is 3. The van der Waals surface area contributed by atoms with Crippen LogP contribution in [0.5, 0.6) is 0 Å².